The fraction of sp³-hybridized carbons (Fsp3) is 0.0455. The zero-order valence-corrected chi connectivity index (χ0v) is 16.1. The van der Waals surface area contributed by atoms with E-state index in [0.29, 0.717) is 17.3 Å². The molecule has 1 aliphatic rings. The van der Waals surface area contributed by atoms with Gasteiger partial charge in [0, 0.05) is 18.0 Å². The highest BCUT2D eigenvalue weighted by Gasteiger charge is 2.36. The number of carbonyl (C=O) groups excluding carboxylic acids is 3. The van der Waals surface area contributed by atoms with Crippen LogP contribution in [0, 0.1) is 0 Å². The Morgan fingerprint density at radius 3 is 2.61 bits per heavy atom. The van der Waals surface area contributed by atoms with E-state index in [1.165, 1.54) is 30.7 Å². The lowest BCUT2D eigenvalue weighted by molar-refractivity contribution is 0.0631. The summed E-state index contributed by atoms with van der Waals surface area (Å²) in [5.41, 5.74) is 1.20. The number of hydrogen-bond acceptors (Lipinski definition) is 6. The van der Waals surface area contributed by atoms with Crippen LogP contribution in [0.2, 0.25) is 0 Å². The van der Waals surface area contributed by atoms with Gasteiger partial charge in [0.25, 0.3) is 17.7 Å². The number of amides is 3. The highest BCUT2D eigenvalue weighted by Crippen LogP contribution is 2.26. The highest BCUT2D eigenvalue weighted by atomic mass is 16.3. The molecule has 1 aliphatic heterocycles. The van der Waals surface area contributed by atoms with E-state index < -0.39 is 17.7 Å². The van der Waals surface area contributed by atoms with Crippen LogP contribution in [0.4, 0.5) is 5.69 Å². The van der Waals surface area contributed by atoms with Gasteiger partial charge < -0.3 is 9.73 Å². The van der Waals surface area contributed by atoms with Gasteiger partial charge in [-0.2, -0.15) is 5.10 Å². The first-order valence-electron chi connectivity index (χ1n) is 9.40. The van der Waals surface area contributed by atoms with Gasteiger partial charge in [-0.1, -0.05) is 0 Å². The van der Waals surface area contributed by atoms with Crippen LogP contribution in [0.5, 0.6) is 0 Å². The molecule has 0 bridgehead atoms. The highest BCUT2D eigenvalue weighted by molar-refractivity contribution is 6.22. The lowest BCUT2D eigenvalue weighted by Gasteiger charge is -2.11. The number of anilines is 1. The zero-order chi connectivity index (χ0) is 21.4. The Labute approximate surface area is 175 Å². The fourth-order valence-corrected chi connectivity index (χ4v) is 3.34. The summed E-state index contributed by atoms with van der Waals surface area (Å²) in [6, 6.07) is 13.0. The molecule has 3 aromatic heterocycles. The molecule has 152 valence electrons. The van der Waals surface area contributed by atoms with Gasteiger partial charge in [-0.3, -0.25) is 19.3 Å². The third kappa shape index (κ3) is 3.38. The van der Waals surface area contributed by atoms with Gasteiger partial charge in [-0.05, 0) is 48.5 Å². The number of rotatable bonds is 5. The second kappa shape index (κ2) is 7.38. The predicted molar refractivity (Wildman–Crippen MR) is 109 cm³/mol. The van der Waals surface area contributed by atoms with Crippen LogP contribution in [0.3, 0.4) is 0 Å². The minimum absolute atomic E-state index is 0.0369. The molecule has 0 aliphatic carbocycles. The lowest BCUT2D eigenvalue weighted by atomic mass is 10.1. The monoisotopic (exact) mass is 413 g/mol. The molecule has 0 unspecified atom stereocenters. The molecule has 1 aromatic carbocycles. The van der Waals surface area contributed by atoms with Crippen molar-refractivity contribution in [3.63, 3.8) is 0 Å². The number of carbonyl (C=O) groups is 3. The van der Waals surface area contributed by atoms with Crippen molar-refractivity contribution in [3.8, 4) is 5.82 Å². The summed E-state index contributed by atoms with van der Waals surface area (Å²) < 4.78 is 6.83. The third-order valence-electron chi connectivity index (χ3n) is 4.87. The molecule has 3 amide bonds. The molecule has 0 spiro atoms. The Kier molecular flexibility index (Phi) is 4.40. The molecule has 0 saturated heterocycles. The standard InChI is InChI=1S/C22H15N5O4/c28-20(25-15-5-7-19(23-12-15)27-9-2-8-24-27)14-4-6-17-18(11-14)22(30)26(21(17)29)13-16-3-1-10-31-16/h1-12H,13H2,(H,25,28). The van der Waals surface area contributed by atoms with Gasteiger partial charge >= 0.3 is 0 Å². The number of furan rings is 1. The van der Waals surface area contributed by atoms with E-state index in [-0.39, 0.29) is 23.2 Å². The van der Waals surface area contributed by atoms with E-state index >= 15 is 0 Å². The first-order chi connectivity index (χ1) is 15.1. The minimum atomic E-state index is -0.462. The summed E-state index contributed by atoms with van der Waals surface area (Å²) in [6.07, 6.45) is 6.40. The third-order valence-corrected chi connectivity index (χ3v) is 4.87. The maximum absolute atomic E-state index is 12.7. The molecule has 9 nitrogen and oxygen atoms in total. The molecule has 31 heavy (non-hydrogen) atoms. The smallest absolute Gasteiger partial charge is 0.261 e. The number of imide groups is 1. The molecular weight excluding hydrogens is 398 g/mol. The van der Waals surface area contributed by atoms with E-state index in [9.17, 15) is 14.4 Å². The number of nitrogens with one attached hydrogen (secondary N) is 1. The first kappa shape index (κ1) is 18.5. The van der Waals surface area contributed by atoms with E-state index in [1.54, 1.807) is 47.4 Å². The molecule has 0 atom stereocenters. The molecule has 1 N–H and O–H groups in total. The van der Waals surface area contributed by atoms with Crippen LogP contribution in [0.15, 0.2) is 77.8 Å². The van der Waals surface area contributed by atoms with Gasteiger partial charge in [-0.15, -0.1) is 0 Å². The van der Waals surface area contributed by atoms with Crippen LogP contribution in [0.25, 0.3) is 5.82 Å². The number of nitrogens with zero attached hydrogens (tertiary/aromatic N) is 4. The van der Waals surface area contributed by atoms with Crippen molar-refractivity contribution < 1.29 is 18.8 Å². The number of pyridine rings is 1. The number of fused-ring (bicyclic) bond motifs is 1. The summed E-state index contributed by atoms with van der Waals surface area (Å²) in [4.78, 5) is 43.3. The van der Waals surface area contributed by atoms with Gasteiger partial charge in [-0.25, -0.2) is 9.67 Å². The fourth-order valence-electron chi connectivity index (χ4n) is 3.34. The Morgan fingerprint density at radius 2 is 1.90 bits per heavy atom. The van der Waals surface area contributed by atoms with E-state index in [2.05, 4.69) is 15.4 Å². The van der Waals surface area contributed by atoms with Gasteiger partial charge in [0.2, 0.25) is 0 Å². The van der Waals surface area contributed by atoms with E-state index in [4.69, 9.17) is 4.42 Å². The number of hydrogen-bond donors (Lipinski definition) is 1. The molecule has 4 aromatic rings. The van der Waals surface area contributed by atoms with Crippen molar-refractivity contribution in [1.82, 2.24) is 19.7 Å². The van der Waals surface area contributed by atoms with Crippen molar-refractivity contribution in [2.45, 2.75) is 6.54 Å². The van der Waals surface area contributed by atoms with Gasteiger partial charge in [0.05, 0.1) is 35.8 Å². The second-order valence-electron chi connectivity index (χ2n) is 6.85. The molecule has 9 heteroatoms. The molecular formula is C22H15N5O4. The summed E-state index contributed by atoms with van der Waals surface area (Å²) >= 11 is 0. The van der Waals surface area contributed by atoms with Crippen molar-refractivity contribution in [1.29, 1.82) is 0 Å². The Bertz CT molecular complexity index is 1280. The van der Waals surface area contributed by atoms with Crippen molar-refractivity contribution >= 4 is 23.4 Å². The molecule has 0 fully saturated rings. The normalized spacial score (nSPS) is 12.8. The predicted octanol–water partition coefficient (Wildman–Crippen LogP) is 2.91. The largest absolute Gasteiger partial charge is 0.467 e. The number of benzene rings is 1. The maximum atomic E-state index is 12.7. The van der Waals surface area contributed by atoms with E-state index in [1.807, 2.05) is 0 Å². The summed E-state index contributed by atoms with van der Waals surface area (Å²) in [7, 11) is 0. The van der Waals surface area contributed by atoms with Crippen LogP contribution in [-0.4, -0.2) is 37.4 Å². The molecule has 0 radical (unpaired) electrons. The molecule has 4 heterocycles. The Morgan fingerprint density at radius 1 is 1.03 bits per heavy atom. The maximum Gasteiger partial charge on any atom is 0.261 e. The SMILES string of the molecule is O=C(Nc1ccc(-n2cccn2)nc1)c1ccc2c(c1)C(=O)N(Cc1ccco1)C2=O. The van der Waals surface area contributed by atoms with Gasteiger partial charge in [0.1, 0.15) is 5.76 Å². The quantitative estimate of drug-likeness (QED) is 0.504. The van der Waals surface area contributed by atoms with Crippen LogP contribution >= 0.6 is 0 Å². The lowest BCUT2D eigenvalue weighted by Crippen LogP contribution is -2.28. The molecule has 0 saturated carbocycles. The second-order valence-corrected chi connectivity index (χ2v) is 6.85. The average Bonchev–Trinajstić information content (AvgIpc) is 3.54. The average molecular weight is 413 g/mol. The van der Waals surface area contributed by atoms with Crippen molar-refractivity contribution in [2.24, 2.45) is 0 Å². The topological polar surface area (TPSA) is 110 Å². The van der Waals surface area contributed by atoms with Crippen molar-refractivity contribution in [3.05, 3.63) is 95.8 Å². The van der Waals surface area contributed by atoms with Crippen LogP contribution in [-0.2, 0) is 6.54 Å². The Balaban J connectivity index is 1.33. The first-order valence-corrected chi connectivity index (χ1v) is 9.40. The van der Waals surface area contributed by atoms with Crippen molar-refractivity contribution in [2.75, 3.05) is 5.32 Å². The van der Waals surface area contributed by atoms with E-state index in [0.717, 1.165) is 4.90 Å². The summed E-state index contributed by atoms with van der Waals surface area (Å²) in [5.74, 6) is -0.181. The molecule has 5 rings (SSSR count). The minimum Gasteiger partial charge on any atom is -0.467 e. The van der Waals surface area contributed by atoms with Gasteiger partial charge in [0.15, 0.2) is 5.82 Å². The summed E-state index contributed by atoms with van der Waals surface area (Å²) in [6.45, 7) is 0.0369. The number of aromatic nitrogens is 3. The van der Waals surface area contributed by atoms with Crippen LogP contribution < -0.4 is 5.32 Å². The van der Waals surface area contributed by atoms with Crippen LogP contribution in [0.1, 0.15) is 36.8 Å². The summed E-state index contributed by atoms with van der Waals surface area (Å²) in [5, 5.41) is 6.84. The Hall–Kier alpha value is -4.53. The zero-order valence-electron chi connectivity index (χ0n) is 16.1.